The molecule has 1 rings (SSSR count). The summed E-state index contributed by atoms with van der Waals surface area (Å²) in [4.78, 5) is 0. The second-order valence-corrected chi connectivity index (χ2v) is 1.62. The third-order valence-electron chi connectivity index (χ3n) is 0.875. The average Bonchev–Trinajstić information content (AvgIpc) is 2.32. The fraction of sp³-hybridized carbons (Fsp3) is 0.400. The molecule has 0 saturated heterocycles. The number of hydrogen-bond acceptors (Lipinski definition) is 0. The highest BCUT2D eigenvalue weighted by atomic mass is 14.0. The fourth-order valence-corrected chi connectivity index (χ4v) is 0.438. The highest BCUT2D eigenvalue weighted by Gasteiger charge is 1.95. The first-order valence-corrected chi connectivity index (χ1v) is 2.50. The number of hydrogen-bond donors (Lipinski definition) is 0. The lowest BCUT2D eigenvalue weighted by molar-refractivity contribution is 0.866. The predicted octanol–water partition coefficient (Wildman–Crippen LogP) is 3.12. The van der Waals surface area contributed by atoms with E-state index in [1.807, 2.05) is 0 Å². The Morgan fingerprint density at radius 2 is 2.10 bits per heavy atom. The van der Waals surface area contributed by atoms with Crippen LogP contribution in [0.5, 0.6) is 0 Å². The maximum absolute atomic E-state index is 7.99. The maximum Gasteiger partial charge on any atom is 0.0626 e. The molecule has 0 aliphatic heterocycles. The molecule has 0 heteroatoms. The smallest absolute Gasteiger partial charge is 0.0590 e. The van der Waals surface area contributed by atoms with Gasteiger partial charge in [0.1, 0.15) is 0 Å². The van der Waals surface area contributed by atoms with Crippen LogP contribution in [0.25, 0.3) is 0 Å². The van der Waals surface area contributed by atoms with Crippen LogP contribution in [0.1, 0.15) is 49.9 Å². The zero-order valence-electron chi connectivity index (χ0n) is 19.0. The third-order valence-corrected chi connectivity index (χ3v) is 0.875. The molecule has 0 fully saturated rings. The Morgan fingerprint density at radius 1 is 1.40 bits per heavy atom. The van der Waals surface area contributed by atoms with Crippen molar-refractivity contribution in [3.8, 4) is 0 Å². The van der Waals surface area contributed by atoms with Gasteiger partial charge < -0.3 is 0 Å². The van der Waals surface area contributed by atoms with Crippen LogP contribution >= 0.6 is 0 Å². The average molecular weight is 148 g/mol. The normalized spacial score (nSPS) is 35.6. The van der Waals surface area contributed by atoms with Gasteiger partial charge in [-0.05, 0) is 18.3 Å². The van der Waals surface area contributed by atoms with E-state index in [-0.39, 0.29) is 0 Å². The molecule has 54 valence electrons. The van der Waals surface area contributed by atoms with E-state index in [0.29, 0.717) is 0 Å². The summed E-state index contributed by atoms with van der Waals surface area (Å²) in [5.41, 5.74) is -2.13. The molecule has 0 amide bonds. The standard InChI is InChI=1S/C10H14/c1-8(2)10-6-4-9(3)5-7-10/h4-8H,1-3H3/i1D3,2D3,3D3,4D,5D,6D,7D,8D. The molecule has 0 radical (unpaired) electrons. The molecule has 0 unspecified atom stereocenters. The van der Waals surface area contributed by atoms with E-state index >= 15 is 0 Å². The second-order valence-electron chi connectivity index (χ2n) is 1.62. The molecular formula is C10H14. The molecule has 0 aromatic heterocycles. The summed E-state index contributed by atoms with van der Waals surface area (Å²) in [5, 5.41) is 0. The van der Waals surface area contributed by atoms with Crippen LogP contribution in [0, 0.1) is 6.85 Å². The van der Waals surface area contributed by atoms with E-state index in [1.165, 1.54) is 0 Å². The van der Waals surface area contributed by atoms with Crippen LogP contribution < -0.4 is 0 Å². The van der Waals surface area contributed by atoms with Crippen molar-refractivity contribution < 1.29 is 19.2 Å². The zero-order chi connectivity index (χ0) is 19.5. The summed E-state index contributed by atoms with van der Waals surface area (Å²) in [7, 11) is 0. The van der Waals surface area contributed by atoms with Crippen LogP contribution in [0.4, 0.5) is 0 Å². The van der Waals surface area contributed by atoms with E-state index in [1.54, 1.807) is 0 Å². The molecule has 1 aromatic rings. The van der Waals surface area contributed by atoms with Gasteiger partial charge in [0.15, 0.2) is 0 Å². The van der Waals surface area contributed by atoms with Gasteiger partial charge in [0.05, 0.1) is 5.48 Å². The minimum absolute atomic E-state index is 0.959. The molecule has 0 bridgehead atoms. The molecular weight excluding hydrogens is 120 g/mol. The van der Waals surface area contributed by atoms with Crippen LogP contribution in [-0.2, 0) is 0 Å². The molecule has 0 aliphatic carbocycles. The molecule has 10 heavy (non-hydrogen) atoms. The highest BCUT2D eigenvalue weighted by Crippen LogP contribution is 2.13. The van der Waals surface area contributed by atoms with Crippen molar-refractivity contribution in [3.63, 3.8) is 0 Å². The first kappa shape index (κ1) is 1.16. The van der Waals surface area contributed by atoms with Gasteiger partial charge in [0.25, 0.3) is 0 Å². The van der Waals surface area contributed by atoms with E-state index < -0.39 is 61.7 Å². The Hall–Kier alpha value is -0.780. The lowest BCUT2D eigenvalue weighted by Gasteiger charge is -2.03. The topological polar surface area (TPSA) is 0 Å². The summed E-state index contributed by atoms with van der Waals surface area (Å²) in [6.07, 6.45) is 0. The Balaban J connectivity index is 4.05. The number of benzene rings is 1. The van der Waals surface area contributed by atoms with E-state index in [9.17, 15) is 0 Å². The van der Waals surface area contributed by atoms with Crippen molar-refractivity contribution in [2.75, 3.05) is 0 Å². The summed E-state index contributed by atoms with van der Waals surface area (Å²) in [6, 6.07) is -4.50. The minimum atomic E-state index is -3.51. The first-order valence-electron chi connectivity index (χ1n) is 9.50. The Morgan fingerprint density at radius 3 is 2.60 bits per heavy atom. The van der Waals surface area contributed by atoms with Crippen LogP contribution in [0.15, 0.2) is 24.2 Å². The van der Waals surface area contributed by atoms with Gasteiger partial charge in [-0.3, -0.25) is 0 Å². The van der Waals surface area contributed by atoms with Gasteiger partial charge in [0, 0.05) is 13.7 Å². The van der Waals surface area contributed by atoms with E-state index in [2.05, 4.69) is 0 Å². The Kier molecular flexibility index (Phi) is 0.332. The Labute approximate surface area is 82.6 Å². The largest absolute Gasteiger partial charge is 0.0626 e. The monoisotopic (exact) mass is 148 g/mol. The van der Waals surface area contributed by atoms with Crippen LogP contribution in [0.2, 0.25) is 0 Å². The van der Waals surface area contributed by atoms with Crippen LogP contribution in [0.3, 0.4) is 0 Å². The second kappa shape index (κ2) is 2.87. The number of rotatable bonds is 1. The quantitative estimate of drug-likeness (QED) is 0.574. The third kappa shape index (κ3) is 1.60. The summed E-state index contributed by atoms with van der Waals surface area (Å²) in [5.74, 6) is -3.45. The van der Waals surface area contributed by atoms with E-state index in [0.717, 1.165) is 0 Å². The van der Waals surface area contributed by atoms with Crippen molar-refractivity contribution in [2.45, 2.75) is 26.4 Å². The van der Waals surface area contributed by atoms with Crippen molar-refractivity contribution in [1.82, 2.24) is 0 Å². The van der Waals surface area contributed by atoms with Crippen molar-refractivity contribution in [1.29, 1.82) is 0 Å². The summed E-state index contributed by atoms with van der Waals surface area (Å²) < 4.78 is 105. The summed E-state index contributed by atoms with van der Waals surface area (Å²) >= 11 is 0. The molecule has 0 N–H and O–H groups in total. The molecule has 0 spiro atoms. The van der Waals surface area contributed by atoms with Crippen molar-refractivity contribution in [2.24, 2.45) is 0 Å². The molecule has 0 saturated carbocycles. The fourth-order valence-electron chi connectivity index (χ4n) is 0.438. The predicted molar refractivity (Wildman–Crippen MR) is 45.3 cm³/mol. The molecule has 0 heterocycles. The van der Waals surface area contributed by atoms with Crippen molar-refractivity contribution in [3.05, 3.63) is 35.3 Å². The lowest BCUT2D eigenvalue weighted by Crippen LogP contribution is -1.85. The molecule has 0 nitrogen and oxygen atoms in total. The van der Waals surface area contributed by atoms with Crippen LogP contribution in [-0.4, -0.2) is 0 Å². The van der Waals surface area contributed by atoms with Gasteiger partial charge in [0.2, 0.25) is 0 Å². The van der Waals surface area contributed by atoms with Gasteiger partial charge in [-0.25, -0.2) is 0 Å². The minimum Gasteiger partial charge on any atom is -0.0590 e. The van der Waals surface area contributed by atoms with E-state index in [4.69, 9.17) is 19.2 Å². The molecule has 0 atom stereocenters. The van der Waals surface area contributed by atoms with Gasteiger partial charge in [-0.1, -0.05) is 43.4 Å². The highest BCUT2D eigenvalue weighted by molar-refractivity contribution is 5.23. The van der Waals surface area contributed by atoms with Crippen molar-refractivity contribution >= 4 is 0 Å². The molecule has 0 aliphatic rings. The Bertz CT molecular complexity index is 602. The van der Waals surface area contributed by atoms with Gasteiger partial charge in [-0.2, -0.15) is 0 Å². The summed E-state index contributed by atoms with van der Waals surface area (Å²) in [6.45, 7) is -10.0. The lowest BCUT2D eigenvalue weighted by atomic mass is 10.0. The first-order chi connectivity index (χ1) is 10.4. The maximum atomic E-state index is 7.99. The van der Waals surface area contributed by atoms with Gasteiger partial charge in [-0.15, -0.1) is 0 Å². The zero-order valence-corrected chi connectivity index (χ0v) is 5.00. The van der Waals surface area contributed by atoms with Gasteiger partial charge >= 0.3 is 0 Å². The molecule has 1 aromatic carbocycles. The SMILES string of the molecule is [2H]c1c([2H])c(C([2H])(C([2H])([2H])[2H])C([2H])([2H])[2H])c([2H])c([2H])c1C([2H])([2H])[2H].